The first kappa shape index (κ1) is 17.5. The van der Waals surface area contributed by atoms with Gasteiger partial charge in [-0.2, -0.15) is 0 Å². The minimum atomic E-state index is -0.129. The molecule has 0 saturated heterocycles. The van der Waals surface area contributed by atoms with Gasteiger partial charge < -0.3 is 15.0 Å². The Balaban J connectivity index is 1.54. The third-order valence-electron chi connectivity index (χ3n) is 3.84. The molecule has 0 unspecified atom stereocenters. The Kier molecular flexibility index (Phi) is 5.83. The minimum absolute atomic E-state index is 0.129. The summed E-state index contributed by atoms with van der Waals surface area (Å²) in [5.41, 5.74) is 2.01. The number of nitrogens with zero attached hydrogens (tertiary/aromatic N) is 2. The molecule has 1 heterocycles. The van der Waals surface area contributed by atoms with E-state index in [1.807, 2.05) is 66.7 Å². The Labute approximate surface area is 153 Å². The van der Waals surface area contributed by atoms with Crippen molar-refractivity contribution in [1.29, 1.82) is 0 Å². The van der Waals surface area contributed by atoms with Crippen molar-refractivity contribution in [3.63, 3.8) is 0 Å². The summed E-state index contributed by atoms with van der Waals surface area (Å²) in [5.74, 6) is 1.53. The van der Waals surface area contributed by atoms with Crippen LogP contribution in [-0.4, -0.2) is 23.0 Å². The van der Waals surface area contributed by atoms with Gasteiger partial charge in [0.05, 0.1) is 0 Å². The maximum atomic E-state index is 12.3. The molecule has 0 aliphatic carbocycles. The topological polar surface area (TPSA) is 54.5 Å². The number of benzene rings is 2. The number of para-hydroxylation sites is 1. The molecule has 2 amide bonds. The van der Waals surface area contributed by atoms with Gasteiger partial charge in [-0.3, -0.25) is 4.98 Å². The van der Waals surface area contributed by atoms with Gasteiger partial charge in [0.2, 0.25) is 0 Å². The summed E-state index contributed by atoms with van der Waals surface area (Å²) < 4.78 is 5.82. The summed E-state index contributed by atoms with van der Waals surface area (Å²) in [6.07, 6.45) is 3.44. The van der Waals surface area contributed by atoms with E-state index in [0.29, 0.717) is 13.1 Å². The summed E-state index contributed by atoms with van der Waals surface area (Å²) >= 11 is 0. The average molecular weight is 347 g/mol. The fraction of sp³-hybridized carbons (Fsp3) is 0.143. The van der Waals surface area contributed by atoms with Crippen LogP contribution in [0.2, 0.25) is 0 Å². The van der Waals surface area contributed by atoms with Crippen LogP contribution < -0.4 is 10.1 Å². The number of carbonyl (C=O) groups is 1. The SMILES string of the molecule is CN(Cc1ccncc1)C(=O)NCc1cccc(Oc2ccccc2)c1. The molecule has 0 bridgehead atoms. The number of urea groups is 1. The normalized spacial score (nSPS) is 10.2. The van der Waals surface area contributed by atoms with Crippen LogP contribution in [0.5, 0.6) is 11.5 Å². The second kappa shape index (κ2) is 8.67. The lowest BCUT2D eigenvalue weighted by Gasteiger charge is -2.18. The highest BCUT2D eigenvalue weighted by molar-refractivity contribution is 5.73. The van der Waals surface area contributed by atoms with E-state index in [4.69, 9.17) is 4.74 Å². The summed E-state index contributed by atoms with van der Waals surface area (Å²) in [5, 5.41) is 2.93. The summed E-state index contributed by atoms with van der Waals surface area (Å²) in [7, 11) is 1.77. The molecule has 5 nitrogen and oxygen atoms in total. The molecule has 0 atom stereocenters. The first-order valence-corrected chi connectivity index (χ1v) is 8.40. The maximum Gasteiger partial charge on any atom is 0.317 e. The Morgan fingerprint density at radius 3 is 2.46 bits per heavy atom. The molecule has 0 aliphatic rings. The van der Waals surface area contributed by atoms with Crippen molar-refractivity contribution in [2.75, 3.05) is 7.05 Å². The molecular weight excluding hydrogens is 326 g/mol. The van der Waals surface area contributed by atoms with Crippen LogP contribution in [0.3, 0.4) is 0 Å². The van der Waals surface area contributed by atoms with Gasteiger partial charge in [0.15, 0.2) is 0 Å². The van der Waals surface area contributed by atoms with E-state index in [1.165, 1.54) is 0 Å². The highest BCUT2D eigenvalue weighted by Gasteiger charge is 2.09. The smallest absolute Gasteiger partial charge is 0.317 e. The van der Waals surface area contributed by atoms with Gasteiger partial charge in [-0.25, -0.2) is 4.79 Å². The fourth-order valence-corrected chi connectivity index (χ4v) is 2.49. The Bertz CT molecular complexity index is 838. The number of amides is 2. The second-order valence-electron chi connectivity index (χ2n) is 5.93. The average Bonchev–Trinajstić information content (AvgIpc) is 2.68. The predicted molar refractivity (Wildman–Crippen MR) is 101 cm³/mol. The molecule has 0 spiro atoms. The first-order chi connectivity index (χ1) is 12.7. The van der Waals surface area contributed by atoms with E-state index in [0.717, 1.165) is 22.6 Å². The molecule has 3 aromatic rings. The van der Waals surface area contributed by atoms with E-state index >= 15 is 0 Å². The van der Waals surface area contributed by atoms with Gasteiger partial charge in [0.1, 0.15) is 11.5 Å². The van der Waals surface area contributed by atoms with E-state index in [2.05, 4.69) is 10.3 Å². The lowest BCUT2D eigenvalue weighted by Crippen LogP contribution is -2.36. The lowest BCUT2D eigenvalue weighted by atomic mass is 10.2. The number of aromatic nitrogens is 1. The van der Waals surface area contributed by atoms with Crippen molar-refractivity contribution in [2.24, 2.45) is 0 Å². The van der Waals surface area contributed by atoms with E-state index in [-0.39, 0.29) is 6.03 Å². The molecule has 26 heavy (non-hydrogen) atoms. The number of pyridine rings is 1. The largest absolute Gasteiger partial charge is 0.457 e. The highest BCUT2D eigenvalue weighted by atomic mass is 16.5. The van der Waals surface area contributed by atoms with Gasteiger partial charge in [-0.15, -0.1) is 0 Å². The van der Waals surface area contributed by atoms with Gasteiger partial charge in [0.25, 0.3) is 0 Å². The van der Waals surface area contributed by atoms with E-state index in [9.17, 15) is 4.79 Å². The third kappa shape index (κ3) is 5.08. The molecular formula is C21H21N3O2. The summed E-state index contributed by atoms with van der Waals surface area (Å²) in [6.45, 7) is 0.969. The van der Waals surface area contributed by atoms with Gasteiger partial charge >= 0.3 is 6.03 Å². The number of nitrogens with one attached hydrogen (secondary N) is 1. The van der Waals surface area contributed by atoms with Crippen LogP contribution in [0.25, 0.3) is 0 Å². The predicted octanol–water partition coefficient (Wildman–Crippen LogP) is 4.22. The van der Waals surface area contributed by atoms with Gasteiger partial charge in [0, 0.05) is 32.5 Å². The van der Waals surface area contributed by atoms with Crippen molar-refractivity contribution in [2.45, 2.75) is 13.1 Å². The second-order valence-corrected chi connectivity index (χ2v) is 5.93. The molecule has 0 radical (unpaired) electrons. The Morgan fingerprint density at radius 2 is 1.69 bits per heavy atom. The number of hydrogen-bond donors (Lipinski definition) is 1. The number of carbonyl (C=O) groups excluding carboxylic acids is 1. The van der Waals surface area contributed by atoms with Crippen molar-refractivity contribution in [3.05, 3.63) is 90.3 Å². The van der Waals surface area contributed by atoms with Crippen LogP contribution in [-0.2, 0) is 13.1 Å². The third-order valence-corrected chi connectivity index (χ3v) is 3.84. The molecule has 0 aliphatic heterocycles. The van der Waals surface area contributed by atoms with Gasteiger partial charge in [-0.05, 0) is 47.5 Å². The zero-order valence-electron chi connectivity index (χ0n) is 14.6. The Hall–Kier alpha value is -3.34. The fourth-order valence-electron chi connectivity index (χ4n) is 2.49. The van der Waals surface area contributed by atoms with Crippen LogP contribution in [0.15, 0.2) is 79.1 Å². The van der Waals surface area contributed by atoms with Crippen molar-refractivity contribution < 1.29 is 9.53 Å². The monoisotopic (exact) mass is 347 g/mol. The minimum Gasteiger partial charge on any atom is -0.457 e. The number of rotatable bonds is 6. The van der Waals surface area contributed by atoms with Crippen molar-refractivity contribution in [3.8, 4) is 11.5 Å². The summed E-state index contributed by atoms with van der Waals surface area (Å²) in [6, 6.07) is 21.0. The zero-order valence-corrected chi connectivity index (χ0v) is 14.6. The molecule has 1 N–H and O–H groups in total. The van der Waals surface area contributed by atoms with Crippen LogP contribution in [0.1, 0.15) is 11.1 Å². The number of hydrogen-bond acceptors (Lipinski definition) is 3. The lowest BCUT2D eigenvalue weighted by molar-refractivity contribution is 0.206. The first-order valence-electron chi connectivity index (χ1n) is 8.40. The molecule has 0 saturated carbocycles. The molecule has 3 rings (SSSR count). The molecule has 2 aromatic carbocycles. The molecule has 0 fully saturated rings. The molecule has 1 aromatic heterocycles. The maximum absolute atomic E-state index is 12.3. The summed E-state index contributed by atoms with van der Waals surface area (Å²) in [4.78, 5) is 17.9. The Morgan fingerprint density at radius 1 is 0.962 bits per heavy atom. The van der Waals surface area contributed by atoms with Crippen molar-refractivity contribution >= 4 is 6.03 Å². The van der Waals surface area contributed by atoms with E-state index < -0.39 is 0 Å². The molecule has 5 heteroatoms. The van der Waals surface area contributed by atoms with Crippen molar-refractivity contribution in [1.82, 2.24) is 15.2 Å². The number of ether oxygens (including phenoxy) is 1. The van der Waals surface area contributed by atoms with Crippen LogP contribution in [0, 0.1) is 0 Å². The van der Waals surface area contributed by atoms with Crippen LogP contribution >= 0.6 is 0 Å². The van der Waals surface area contributed by atoms with Crippen LogP contribution in [0.4, 0.5) is 4.79 Å². The zero-order chi connectivity index (χ0) is 18.2. The highest BCUT2D eigenvalue weighted by Crippen LogP contribution is 2.21. The standard InChI is InChI=1S/C21H21N3O2/c1-24(16-17-10-12-22-13-11-17)21(25)23-15-18-6-5-9-20(14-18)26-19-7-3-2-4-8-19/h2-14H,15-16H2,1H3,(H,23,25). The van der Waals surface area contributed by atoms with Gasteiger partial charge in [-0.1, -0.05) is 30.3 Å². The van der Waals surface area contributed by atoms with E-state index in [1.54, 1.807) is 24.3 Å². The molecule has 132 valence electrons. The quantitative estimate of drug-likeness (QED) is 0.726.